The van der Waals surface area contributed by atoms with E-state index in [-0.39, 0.29) is 45.3 Å². The van der Waals surface area contributed by atoms with Crippen molar-refractivity contribution in [2.75, 3.05) is 11.9 Å². The topological polar surface area (TPSA) is 110 Å². The van der Waals surface area contributed by atoms with E-state index in [2.05, 4.69) is 5.32 Å². The van der Waals surface area contributed by atoms with Crippen molar-refractivity contribution in [3.63, 3.8) is 0 Å². The van der Waals surface area contributed by atoms with Gasteiger partial charge in [0, 0.05) is 16.7 Å². The number of amides is 1. The number of carbonyl (C=O) groups excluding carboxylic acids is 4. The van der Waals surface area contributed by atoms with Crippen LogP contribution in [-0.4, -0.2) is 35.2 Å². The van der Waals surface area contributed by atoms with Gasteiger partial charge in [-0.05, 0) is 18.2 Å². The molecule has 30 heavy (non-hydrogen) atoms. The highest BCUT2D eigenvalue weighted by atomic mass is 16.5. The Morgan fingerprint density at radius 3 is 2.17 bits per heavy atom. The number of rotatable bonds is 4. The van der Waals surface area contributed by atoms with Crippen LogP contribution in [0.3, 0.4) is 0 Å². The molecular weight excluding hydrogens is 386 g/mol. The van der Waals surface area contributed by atoms with Crippen LogP contribution in [0.2, 0.25) is 0 Å². The average Bonchev–Trinajstić information content (AvgIpc) is 2.76. The summed E-state index contributed by atoms with van der Waals surface area (Å²) in [6, 6.07) is 16.9. The Hall–Kier alpha value is -4.26. The van der Waals surface area contributed by atoms with Crippen molar-refractivity contribution in [3.8, 4) is 5.75 Å². The molecule has 0 radical (unpaired) electrons. The lowest BCUT2D eigenvalue weighted by Gasteiger charge is -2.20. The number of ketones is 2. The van der Waals surface area contributed by atoms with E-state index in [0.29, 0.717) is 5.56 Å². The fraction of sp³-hybridized carbons (Fsp3) is 0.0435. The van der Waals surface area contributed by atoms with E-state index < -0.39 is 18.5 Å². The van der Waals surface area contributed by atoms with Crippen LogP contribution in [0, 0.1) is 0 Å². The maximum Gasteiger partial charge on any atom is 0.342 e. The minimum Gasteiger partial charge on any atom is -0.507 e. The maximum absolute atomic E-state index is 12.9. The molecule has 3 aromatic carbocycles. The van der Waals surface area contributed by atoms with Crippen LogP contribution >= 0.6 is 0 Å². The molecule has 4 rings (SSSR count). The number of phenolic OH excluding ortho intramolecular Hbond substituents is 1. The molecule has 148 valence electrons. The molecule has 0 unspecified atom stereocenters. The standard InChI is InChI=1S/C23H15NO6/c25-18-11-4-3-8-15(18)23(29)30-12-19(26)24-17-10-5-9-16-20(17)22(28)14-7-2-1-6-13(14)21(16)27/h1-11,25H,12H2,(H,24,26). The van der Waals surface area contributed by atoms with Crippen molar-refractivity contribution in [2.24, 2.45) is 0 Å². The SMILES string of the molecule is O=C(COC(=O)c1ccccc1O)Nc1cccc2c1C(=O)c1ccccc1C2=O. The molecule has 7 heteroatoms. The lowest BCUT2D eigenvalue weighted by Crippen LogP contribution is -2.26. The molecule has 1 amide bonds. The van der Waals surface area contributed by atoms with Gasteiger partial charge in [0.1, 0.15) is 11.3 Å². The molecule has 0 aromatic heterocycles. The second-order valence-electron chi connectivity index (χ2n) is 6.57. The number of para-hydroxylation sites is 1. The van der Waals surface area contributed by atoms with Gasteiger partial charge in [-0.2, -0.15) is 0 Å². The zero-order chi connectivity index (χ0) is 21.3. The quantitative estimate of drug-likeness (QED) is 0.509. The zero-order valence-electron chi connectivity index (χ0n) is 15.5. The number of hydrogen-bond acceptors (Lipinski definition) is 6. The summed E-state index contributed by atoms with van der Waals surface area (Å²) in [6.45, 7) is -0.629. The number of carbonyl (C=O) groups is 4. The second kappa shape index (κ2) is 7.63. The first-order valence-electron chi connectivity index (χ1n) is 9.04. The first kappa shape index (κ1) is 19.1. The summed E-state index contributed by atoms with van der Waals surface area (Å²) in [5.41, 5.74) is 0.964. The molecule has 0 atom stereocenters. The summed E-state index contributed by atoms with van der Waals surface area (Å²) < 4.78 is 4.93. The normalized spacial score (nSPS) is 12.0. The van der Waals surface area contributed by atoms with E-state index in [1.165, 1.54) is 24.3 Å². The third-order valence-electron chi connectivity index (χ3n) is 4.68. The van der Waals surface area contributed by atoms with Crippen molar-refractivity contribution >= 4 is 29.1 Å². The molecule has 3 aromatic rings. The minimum atomic E-state index is -0.862. The molecule has 0 aliphatic heterocycles. The molecular formula is C23H15NO6. The summed E-state index contributed by atoms with van der Waals surface area (Å²) in [6.07, 6.45) is 0. The minimum absolute atomic E-state index is 0.0697. The number of phenols is 1. The summed E-state index contributed by atoms with van der Waals surface area (Å²) in [5, 5.41) is 12.2. The Bertz CT molecular complexity index is 1210. The van der Waals surface area contributed by atoms with Crippen LogP contribution in [0.1, 0.15) is 42.2 Å². The molecule has 0 bridgehead atoms. The van der Waals surface area contributed by atoms with Gasteiger partial charge in [-0.25, -0.2) is 4.79 Å². The number of ether oxygens (including phenoxy) is 1. The van der Waals surface area contributed by atoms with E-state index in [9.17, 15) is 24.3 Å². The Labute approximate surface area is 170 Å². The van der Waals surface area contributed by atoms with Crippen LogP contribution in [0.25, 0.3) is 0 Å². The second-order valence-corrected chi connectivity index (χ2v) is 6.57. The summed E-state index contributed by atoms with van der Waals surface area (Å²) in [7, 11) is 0. The smallest absolute Gasteiger partial charge is 0.342 e. The summed E-state index contributed by atoms with van der Waals surface area (Å²) in [5.74, 6) is -2.49. The molecule has 0 fully saturated rings. The molecule has 2 N–H and O–H groups in total. The Balaban J connectivity index is 1.53. The van der Waals surface area contributed by atoms with Gasteiger partial charge in [-0.15, -0.1) is 0 Å². The van der Waals surface area contributed by atoms with Gasteiger partial charge in [0.25, 0.3) is 5.91 Å². The van der Waals surface area contributed by atoms with Gasteiger partial charge in [0.05, 0.1) is 11.3 Å². The largest absolute Gasteiger partial charge is 0.507 e. The predicted molar refractivity (Wildman–Crippen MR) is 107 cm³/mol. The predicted octanol–water partition coefficient (Wildman–Crippen LogP) is 2.96. The third kappa shape index (κ3) is 3.33. The van der Waals surface area contributed by atoms with Gasteiger partial charge in [-0.1, -0.05) is 48.5 Å². The van der Waals surface area contributed by atoms with Gasteiger partial charge in [0.2, 0.25) is 0 Å². The fourth-order valence-electron chi connectivity index (χ4n) is 3.29. The average molecular weight is 401 g/mol. The number of esters is 1. The molecule has 0 saturated heterocycles. The summed E-state index contributed by atoms with van der Waals surface area (Å²) >= 11 is 0. The summed E-state index contributed by atoms with van der Waals surface area (Å²) in [4.78, 5) is 50.0. The van der Waals surface area contributed by atoms with Gasteiger partial charge in [0.15, 0.2) is 18.2 Å². The first-order valence-corrected chi connectivity index (χ1v) is 9.04. The third-order valence-corrected chi connectivity index (χ3v) is 4.68. The Kier molecular flexibility index (Phi) is 4.85. The van der Waals surface area contributed by atoms with E-state index in [4.69, 9.17) is 4.74 Å². The van der Waals surface area contributed by atoms with Gasteiger partial charge >= 0.3 is 5.97 Å². The number of benzene rings is 3. The maximum atomic E-state index is 12.9. The molecule has 0 spiro atoms. The number of anilines is 1. The van der Waals surface area contributed by atoms with Crippen LogP contribution in [0.5, 0.6) is 5.75 Å². The molecule has 1 aliphatic carbocycles. The van der Waals surface area contributed by atoms with Crippen LogP contribution < -0.4 is 5.32 Å². The fourth-order valence-corrected chi connectivity index (χ4v) is 3.29. The van der Waals surface area contributed by atoms with E-state index >= 15 is 0 Å². The van der Waals surface area contributed by atoms with E-state index in [1.807, 2.05) is 0 Å². The number of fused-ring (bicyclic) bond motifs is 2. The first-order chi connectivity index (χ1) is 14.5. The number of aromatic hydroxyl groups is 1. The Morgan fingerprint density at radius 1 is 0.800 bits per heavy atom. The number of nitrogens with one attached hydrogen (secondary N) is 1. The molecule has 0 heterocycles. The van der Waals surface area contributed by atoms with Crippen molar-refractivity contribution in [1.29, 1.82) is 0 Å². The van der Waals surface area contributed by atoms with Crippen molar-refractivity contribution in [3.05, 3.63) is 94.5 Å². The van der Waals surface area contributed by atoms with Crippen molar-refractivity contribution < 1.29 is 29.0 Å². The molecule has 7 nitrogen and oxygen atoms in total. The van der Waals surface area contributed by atoms with Gasteiger partial charge in [-0.3, -0.25) is 14.4 Å². The van der Waals surface area contributed by atoms with Crippen LogP contribution in [0.4, 0.5) is 5.69 Å². The van der Waals surface area contributed by atoms with E-state index in [0.717, 1.165) is 0 Å². The molecule has 1 aliphatic rings. The number of hydrogen-bond donors (Lipinski definition) is 2. The highest BCUT2D eigenvalue weighted by Gasteiger charge is 2.31. The van der Waals surface area contributed by atoms with Gasteiger partial charge < -0.3 is 15.2 Å². The van der Waals surface area contributed by atoms with Crippen LogP contribution in [-0.2, 0) is 9.53 Å². The van der Waals surface area contributed by atoms with Crippen molar-refractivity contribution in [1.82, 2.24) is 0 Å². The van der Waals surface area contributed by atoms with E-state index in [1.54, 1.807) is 42.5 Å². The lowest BCUT2D eigenvalue weighted by molar-refractivity contribution is -0.119. The molecule has 0 saturated carbocycles. The zero-order valence-corrected chi connectivity index (χ0v) is 15.5. The van der Waals surface area contributed by atoms with Crippen molar-refractivity contribution in [2.45, 2.75) is 0 Å². The lowest BCUT2D eigenvalue weighted by atomic mass is 9.83. The van der Waals surface area contributed by atoms with Crippen LogP contribution in [0.15, 0.2) is 66.7 Å². The highest BCUT2D eigenvalue weighted by Crippen LogP contribution is 2.31. The Morgan fingerprint density at radius 2 is 1.43 bits per heavy atom. The monoisotopic (exact) mass is 401 g/mol. The highest BCUT2D eigenvalue weighted by molar-refractivity contribution is 6.30.